The lowest BCUT2D eigenvalue weighted by atomic mass is 10.5. The van der Waals surface area contributed by atoms with Crippen LogP contribution in [0.3, 0.4) is 0 Å². The van der Waals surface area contributed by atoms with Crippen LogP contribution in [0.2, 0.25) is 0 Å². The summed E-state index contributed by atoms with van der Waals surface area (Å²) in [4.78, 5) is 0. The predicted octanol–water partition coefficient (Wildman–Crippen LogP) is 2.36. The average molecular weight is 182 g/mol. The Labute approximate surface area is 70.3 Å². The molecule has 1 N–H and O–H groups in total. The highest BCUT2D eigenvalue weighted by molar-refractivity contribution is 6.38. The molecule has 0 aliphatic heterocycles. The van der Waals surface area contributed by atoms with Crippen LogP contribution in [0.5, 0.6) is 0 Å². The van der Waals surface area contributed by atoms with Gasteiger partial charge in [0, 0.05) is 6.21 Å². The van der Waals surface area contributed by atoms with Gasteiger partial charge < -0.3 is 10.1 Å². The summed E-state index contributed by atoms with van der Waals surface area (Å²) < 4.78 is 4.92. The molecule has 0 saturated carbocycles. The highest BCUT2D eigenvalue weighted by atomic mass is 35.5. The van der Waals surface area contributed by atoms with E-state index in [9.17, 15) is 0 Å². The minimum Gasteiger partial charge on any atom is -0.359 e. The van der Waals surface area contributed by atoms with Crippen LogP contribution in [-0.4, -0.2) is 18.4 Å². The quantitative estimate of drug-likeness (QED) is 0.525. The van der Waals surface area contributed by atoms with E-state index in [1.807, 2.05) is 0 Å². The van der Waals surface area contributed by atoms with Crippen molar-refractivity contribution >= 4 is 29.4 Å². The van der Waals surface area contributed by atoms with Crippen LogP contribution in [-0.2, 0) is 4.74 Å². The number of rotatable bonds is 4. The van der Waals surface area contributed by atoms with Gasteiger partial charge in [-0.25, -0.2) is 0 Å². The highest BCUT2D eigenvalue weighted by Gasteiger charge is 1.91. The van der Waals surface area contributed by atoms with Crippen molar-refractivity contribution < 1.29 is 4.74 Å². The maximum Gasteiger partial charge on any atom is 0.128 e. The van der Waals surface area contributed by atoms with E-state index >= 15 is 0 Å². The molecule has 0 aliphatic carbocycles. The van der Waals surface area contributed by atoms with Gasteiger partial charge in [-0.15, -0.1) is 0 Å². The molecule has 1 unspecified atom stereocenters. The molecule has 0 aromatic carbocycles. The SMILES string of the molecule is CC(Cl)OC/C=C(\Cl)C=N. The van der Waals surface area contributed by atoms with Crippen molar-refractivity contribution in [3.8, 4) is 0 Å². The zero-order chi connectivity index (χ0) is 7.98. The molecule has 0 aromatic heterocycles. The zero-order valence-corrected chi connectivity index (χ0v) is 7.12. The fourth-order valence-corrected chi connectivity index (χ4v) is 0.455. The summed E-state index contributed by atoms with van der Waals surface area (Å²) in [5, 5.41) is 7.04. The summed E-state index contributed by atoms with van der Waals surface area (Å²) >= 11 is 10.9. The summed E-state index contributed by atoms with van der Waals surface area (Å²) in [5.41, 5.74) is -0.313. The minimum absolute atomic E-state index is 0.313. The van der Waals surface area contributed by atoms with Crippen LogP contribution >= 0.6 is 23.2 Å². The average Bonchev–Trinajstić information content (AvgIpc) is 1.87. The van der Waals surface area contributed by atoms with Gasteiger partial charge in [-0.3, -0.25) is 0 Å². The molecule has 0 bridgehead atoms. The van der Waals surface area contributed by atoms with Gasteiger partial charge in [0.25, 0.3) is 0 Å². The molecule has 0 aromatic rings. The maximum absolute atomic E-state index is 6.68. The molecule has 58 valence electrons. The largest absolute Gasteiger partial charge is 0.359 e. The van der Waals surface area contributed by atoms with Crippen molar-refractivity contribution in [1.82, 2.24) is 0 Å². The van der Waals surface area contributed by atoms with E-state index in [1.165, 1.54) is 0 Å². The van der Waals surface area contributed by atoms with E-state index in [0.717, 1.165) is 6.21 Å². The van der Waals surface area contributed by atoms with E-state index in [-0.39, 0.29) is 5.56 Å². The minimum atomic E-state index is -0.313. The topological polar surface area (TPSA) is 33.1 Å². The van der Waals surface area contributed by atoms with Crippen molar-refractivity contribution in [3.63, 3.8) is 0 Å². The number of halogens is 2. The van der Waals surface area contributed by atoms with E-state index < -0.39 is 0 Å². The second-order valence-corrected chi connectivity index (χ2v) is 2.66. The van der Waals surface area contributed by atoms with Gasteiger partial charge in [0.2, 0.25) is 0 Å². The Hall–Kier alpha value is -0.0500. The van der Waals surface area contributed by atoms with Crippen LogP contribution in [0.4, 0.5) is 0 Å². The summed E-state index contributed by atoms with van der Waals surface area (Å²) in [6.07, 6.45) is 2.62. The van der Waals surface area contributed by atoms with Crippen LogP contribution in [0.25, 0.3) is 0 Å². The number of nitrogens with one attached hydrogen (secondary N) is 1. The van der Waals surface area contributed by atoms with Gasteiger partial charge in [0.1, 0.15) is 5.56 Å². The fraction of sp³-hybridized carbons (Fsp3) is 0.500. The lowest BCUT2D eigenvalue weighted by Crippen LogP contribution is -1.98. The van der Waals surface area contributed by atoms with Gasteiger partial charge in [-0.1, -0.05) is 23.2 Å². The van der Waals surface area contributed by atoms with Crippen LogP contribution in [0.15, 0.2) is 11.1 Å². The molecule has 0 radical (unpaired) electrons. The molecule has 0 aliphatic rings. The Morgan fingerprint density at radius 1 is 1.80 bits per heavy atom. The molecule has 0 fully saturated rings. The second-order valence-electron chi connectivity index (χ2n) is 1.61. The van der Waals surface area contributed by atoms with Gasteiger partial charge >= 0.3 is 0 Å². The molecule has 1 atom stereocenters. The molecule has 0 spiro atoms. The number of alkyl halides is 1. The van der Waals surface area contributed by atoms with Gasteiger partial charge in [-0.2, -0.15) is 0 Å². The Morgan fingerprint density at radius 2 is 2.40 bits per heavy atom. The smallest absolute Gasteiger partial charge is 0.128 e. The molecule has 0 amide bonds. The monoisotopic (exact) mass is 181 g/mol. The van der Waals surface area contributed by atoms with E-state index in [0.29, 0.717) is 11.6 Å². The molecule has 2 nitrogen and oxygen atoms in total. The van der Waals surface area contributed by atoms with Crippen molar-refractivity contribution in [3.05, 3.63) is 11.1 Å². The first-order valence-electron chi connectivity index (χ1n) is 2.78. The number of hydrogen-bond acceptors (Lipinski definition) is 2. The lowest BCUT2D eigenvalue weighted by Gasteiger charge is -2.00. The van der Waals surface area contributed by atoms with Crippen molar-refractivity contribution in [2.45, 2.75) is 12.5 Å². The summed E-state index contributed by atoms with van der Waals surface area (Å²) in [7, 11) is 0. The Balaban J connectivity index is 3.43. The molecular weight excluding hydrogens is 173 g/mol. The van der Waals surface area contributed by atoms with Gasteiger partial charge in [0.15, 0.2) is 0 Å². The third-order valence-corrected chi connectivity index (χ3v) is 1.13. The number of allylic oxidation sites excluding steroid dienone is 1. The standard InChI is InChI=1S/C6H9Cl2NO/c1-5(7)10-3-2-6(8)4-9/h2,4-5,9H,3H2,1H3/b6-2-,9-4?. The third kappa shape index (κ3) is 6.08. The Morgan fingerprint density at radius 3 is 2.80 bits per heavy atom. The predicted molar refractivity (Wildman–Crippen MR) is 44.0 cm³/mol. The van der Waals surface area contributed by atoms with Crippen molar-refractivity contribution in [2.24, 2.45) is 0 Å². The fourth-order valence-electron chi connectivity index (χ4n) is 0.319. The number of hydrogen-bond donors (Lipinski definition) is 1. The lowest BCUT2D eigenvalue weighted by molar-refractivity contribution is 0.146. The first-order chi connectivity index (χ1) is 4.66. The molecule has 0 heterocycles. The highest BCUT2D eigenvalue weighted by Crippen LogP contribution is 1.99. The van der Waals surface area contributed by atoms with Gasteiger partial charge in [-0.05, 0) is 13.0 Å². The first kappa shape index (κ1) is 9.95. The summed E-state index contributed by atoms with van der Waals surface area (Å²) in [6, 6.07) is 0. The van der Waals surface area contributed by atoms with Crippen LogP contribution in [0, 0.1) is 5.41 Å². The van der Waals surface area contributed by atoms with Crippen LogP contribution < -0.4 is 0 Å². The van der Waals surface area contributed by atoms with Crippen molar-refractivity contribution in [1.29, 1.82) is 5.41 Å². The first-order valence-corrected chi connectivity index (χ1v) is 3.60. The molecule has 0 saturated heterocycles. The van der Waals surface area contributed by atoms with Crippen LogP contribution in [0.1, 0.15) is 6.92 Å². The summed E-state index contributed by atoms with van der Waals surface area (Å²) in [6.45, 7) is 2.06. The maximum atomic E-state index is 6.68. The molecule has 0 rings (SSSR count). The van der Waals surface area contributed by atoms with Crippen molar-refractivity contribution in [2.75, 3.05) is 6.61 Å². The van der Waals surface area contributed by atoms with E-state index in [4.69, 9.17) is 33.3 Å². The Bertz CT molecular complexity index is 134. The zero-order valence-electron chi connectivity index (χ0n) is 5.60. The second kappa shape index (κ2) is 5.71. The van der Waals surface area contributed by atoms with E-state index in [1.54, 1.807) is 13.0 Å². The molecule has 4 heteroatoms. The summed E-state index contributed by atoms with van der Waals surface area (Å²) in [5.74, 6) is 0. The van der Waals surface area contributed by atoms with Gasteiger partial charge in [0.05, 0.1) is 11.6 Å². The number of ether oxygens (including phenoxy) is 1. The third-order valence-electron chi connectivity index (χ3n) is 0.742. The van der Waals surface area contributed by atoms with E-state index in [2.05, 4.69) is 0 Å². The molecular formula is C6H9Cl2NO. The molecule has 10 heavy (non-hydrogen) atoms. The Kier molecular flexibility index (Phi) is 5.69. The normalized spacial score (nSPS) is 14.9.